The number of anilines is 2. The van der Waals surface area contributed by atoms with Gasteiger partial charge in [-0.2, -0.15) is 0 Å². The van der Waals surface area contributed by atoms with Gasteiger partial charge in [-0.05, 0) is 42.0 Å². The first kappa shape index (κ1) is 25.1. The molecule has 1 atom stereocenters. The summed E-state index contributed by atoms with van der Waals surface area (Å²) in [6.07, 6.45) is 1.18. The summed E-state index contributed by atoms with van der Waals surface area (Å²) in [7, 11) is 0. The quantitative estimate of drug-likeness (QED) is 0.379. The van der Waals surface area contributed by atoms with E-state index in [0.29, 0.717) is 31.7 Å². The lowest BCUT2D eigenvalue weighted by molar-refractivity contribution is -0.385. The van der Waals surface area contributed by atoms with Gasteiger partial charge < -0.3 is 9.80 Å². The number of nitrogens with zero attached hydrogens (tertiary/aromatic N) is 5. The van der Waals surface area contributed by atoms with Gasteiger partial charge in [0, 0.05) is 43.5 Å². The zero-order valence-electron chi connectivity index (χ0n) is 19.1. The number of benzene rings is 2. The number of halogens is 2. The molecule has 36 heavy (non-hydrogen) atoms. The van der Waals surface area contributed by atoms with Crippen LogP contribution in [0.3, 0.4) is 0 Å². The Hall–Kier alpha value is -4.05. The summed E-state index contributed by atoms with van der Waals surface area (Å²) in [6.45, 7) is 2.25. The Morgan fingerprint density at radius 3 is 2.36 bits per heavy atom. The first-order chi connectivity index (χ1) is 16.9. The number of hydrogen-bond acceptors (Lipinski definition) is 6. The van der Waals surface area contributed by atoms with Crippen LogP contribution in [0, 0.1) is 15.9 Å². The van der Waals surface area contributed by atoms with E-state index >= 15 is 0 Å². The molecule has 2 aliphatic rings. The van der Waals surface area contributed by atoms with E-state index in [2.05, 4.69) is 9.88 Å². The van der Waals surface area contributed by atoms with Crippen molar-refractivity contribution < 1.29 is 18.9 Å². The summed E-state index contributed by atoms with van der Waals surface area (Å²) < 4.78 is 13.2. The summed E-state index contributed by atoms with van der Waals surface area (Å²) in [5.41, 5.74) is 1.95. The maximum Gasteiger partial charge on any atom is 0.287 e. The highest BCUT2D eigenvalue weighted by atomic mass is 35.5. The van der Waals surface area contributed by atoms with E-state index in [-0.39, 0.29) is 48.0 Å². The molecule has 2 aliphatic heterocycles. The molecule has 1 saturated heterocycles. The number of hydrogen-bond donors (Lipinski definition) is 0. The number of pyridine rings is 1. The van der Waals surface area contributed by atoms with Gasteiger partial charge in [0.05, 0.1) is 17.4 Å². The molecule has 0 bridgehead atoms. The predicted molar refractivity (Wildman–Crippen MR) is 134 cm³/mol. The minimum absolute atomic E-state index is 0. The Kier molecular flexibility index (Phi) is 7.16. The number of amides is 2. The highest BCUT2D eigenvalue weighted by molar-refractivity contribution is 6.11. The van der Waals surface area contributed by atoms with Crippen molar-refractivity contribution in [1.82, 2.24) is 9.88 Å². The average Bonchev–Trinajstić information content (AvgIpc) is 3.16. The summed E-state index contributed by atoms with van der Waals surface area (Å²) >= 11 is 0. The number of nitro groups is 1. The molecule has 5 rings (SSSR count). The van der Waals surface area contributed by atoms with Crippen molar-refractivity contribution in [3.8, 4) is 0 Å². The summed E-state index contributed by atoms with van der Waals surface area (Å²) in [5, 5.41) is 11.0. The van der Waals surface area contributed by atoms with Crippen LogP contribution in [0.15, 0.2) is 66.9 Å². The standard InChI is InChI=1S/C25H22FN5O4.ClH/c26-17-5-7-18(8-6-17)28-11-13-29(14-12-28)24(32)15-22-20-3-1-2-4-21(20)25(33)30(22)23-10-9-19(16-27-23)31(34)35;/h1-10,16,22H,11-15H2;1H. The number of carbonyl (C=O) groups is 2. The molecule has 2 amide bonds. The molecule has 186 valence electrons. The lowest BCUT2D eigenvalue weighted by Crippen LogP contribution is -2.49. The van der Waals surface area contributed by atoms with Crippen molar-refractivity contribution in [2.24, 2.45) is 0 Å². The van der Waals surface area contributed by atoms with Crippen LogP contribution >= 0.6 is 12.4 Å². The molecule has 0 radical (unpaired) electrons. The van der Waals surface area contributed by atoms with E-state index in [0.717, 1.165) is 17.4 Å². The van der Waals surface area contributed by atoms with Gasteiger partial charge in [0.25, 0.3) is 11.6 Å². The Labute approximate surface area is 212 Å². The van der Waals surface area contributed by atoms with E-state index < -0.39 is 11.0 Å². The van der Waals surface area contributed by atoms with E-state index in [1.165, 1.54) is 29.2 Å². The monoisotopic (exact) mass is 511 g/mol. The summed E-state index contributed by atoms with van der Waals surface area (Å²) in [4.78, 5) is 46.4. The lowest BCUT2D eigenvalue weighted by Gasteiger charge is -2.37. The van der Waals surface area contributed by atoms with Gasteiger partial charge in [-0.3, -0.25) is 24.6 Å². The second-order valence-electron chi connectivity index (χ2n) is 8.46. The van der Waals surface area contributed by atoms with E-state index in [4.69, 9.17) is 0 Å². The predicted octanol–water partition coefficient (Wildman–Crippen LogP) is 3.99. The Balaban J connectivity index is 0.00000304. The normalized spacial score (nSPS) is 17.0. The van der Waals surface area contributed by atoms with Crippen molar-refractivity contribution in [3.05, 3.63) is 93.9 Å². The first-order valence-electron chi connectivity index (χ1n) is 11.2. The number of aromatic nitrogens is 1. The van der Waals surface area contributed by atoms with Crippen LogP contribution in [0.5, 0.6) is 0 Å². The molecule has 0 saturated carbocycles. The third-order valence-electron chi connectivity index (χ3n) is 6.46. The fourth-order valence-corrected chi connectivity index (χ4v) is 4.65. The maximum absolute atomic E-state index is 13.3. The highest BCUT2D eigenvalue weighted by Crippen LogP contribution is 2.39. The third kappa shape index (κ3) is 4.72. The van der Waals surface area contributed by atoms with Crippen molar-refractivity contribution in [3.63, 3.8) is 0 Å². The smallest absolute Gasteiger partial charge is 0.287 e. The van der Waals surface area contributed by atoms with E-state index in [1.807, 2.05) is 12.1 Å². The molecule has 0 N–H and O–H groups in total. The van der Waals surface area contributed by atoms with Crippen molar-refractivity contribution in [2.75, 3.05) is 36.0 Å². The van der Waals surface area contributed by atoms with Crippen LogP contribution in [0.1, 0.15) is 28.4 Å². The highest BCUT2D eigenvalue weighted by Gasteiger charge is 2.40. The van der Waals surface area contributed by atoms with Crippen molar-refractivity contribution >= 4 is 41.4 Å². The molecule has 1 unspecified atom stereocenters. The van der Waals surface area contributed by atoms with Gasteiger partial charge in [0.1, 0.15) is 17.8 Å². The molecule has 0 aliphatic carbocycles. The molecule has 11 heteroatoms. The number of fused-ring (bicyclic) bond motifs is 1. The molecule has 3 heterocycles. The van der Waals surface area contributed by atoms with E-state index in [9.17, 15) is 24.1 Å². The SMILES string of the molecule is Cl.O=C(CC1c2ccccc2C(=O)N1c1ccc([N+](=O)[O-])cn1)N1CCN(c2ccc(F)cc2)CC1. The summed E-state index contributed by atoms with van der Waals surface area (Å²) in [6, 6.07) is 15.6. The lowest BCUT2D eigenvalue weighted by atomic mass is 10.0. The van der Waals surface area contributed by atoms with Gasteiger partial charge in [-0.1, -0.05) is 18.2 Å². The van der Waals surface area contributed by atoms with Gasteiger partial charge >= 0.3 is 0 Å². The van der Waals surface area contributed by atoms with Crippen LogP contribution in [0.25, 0.3) is 0 Å². The number of carbonyl (C=O) groups excluding carboxylic acids is 2. The van der Waals surface area contributed by atoms with Crippen LogP contribution in [-0.2, 0) is 4.79 Å². The molecule has 1 fully saturated rings. The molecule has 1 aromatic heterocycles. The molecular weight excluding hydrogens is 489 g/mol. The van der Waals surface area contributed by atoms with Crippen LogP contribution < -0.4 is 9.80 Å². The number of piperazine rings is 1. The largest absolute Gasteiger partial charge is 0.368 e. The Morgan fingerprint density at radius 2 is 1.72 bits per heavy atom. The third-order valence-corrected chi connectivity index (χ3v) is 6.46. The molecule has 3 aromatic rings. The van der Waals surface area contributed by atoms with Crippen LogP contribution in [0.2, 0.25) is 0 Å². The van der Waals surface area contributed by atoms with Gasteiger partial charge in [-0.15, -0.1) is 12.4 Å². The fourth-order valence-electron chi connectivity index (χ4n) is 4.65. The molecule has 0 spiro atoms. The maximum atomic E-state index is 13.3. The number of rotatable bonds is 5. The fraction of sp³-hybridized carbons (Fsp3) is 0.240. The zero-order chi connectivity index (χ0) is 24.5. The molecule has 2 aromatic carbocycles. The van der Waals surface area contributed by atoms with Gasteiger partial charge in [-0.25, -0.2) is 9.37 Å². The van der Waals surface area contributed by atoms with Crippen molar-refractivity contribution in [1.29, 1.82) is 0 Å². The minimum atomic E-state index is -0.560. The Morgan fingerprint density at radius 1 is 1.03 bits per heavy atom. The van der Waals surface area contributed by atoms with Crippen molar-refractivity contribution in [2.45, 2.75) is 12.5 Å². The summed E-state index contributed by atoms with van der Waals surface area (Å²) in [5.74, 6) is -0.414. The Bertz CT molecular complexity index is 1280. The topological polar surface area (TPSA) is 99.9 Å². The first-order valence-corrected chi connectivity index (χ1v) is 11.2. The second-order valence-corrected chi connectivity index (χ2v) is 8.46. The molecule has 9 nitrogen and oxygen atoms in total. The van der Waals surface area contributed by atoms with Crippen LogP contribution in [0.4, 0.5) is 21.6 Å². The van der Waals surface area contributed by atoms with Gasteiger partial charge in [0.15, 0.2) is 0 Å². The zero-order valence-corrected chi connectivity index (χ0v) is 19.9. The molecular formula is C25H23ClFN5O4. The minimum Gasteiger partial charge on any atom is -0.368 e. The van der Waals surface area contributed by atoms with E-state index in [1.54, 1.807) is 29.2 Å². The average molecular weight is 512 g/mol. The van der Waals surface area contributed by atoms with Gasteiger partial charge in [0.2, 0.25) is 5.91 Å². The second kappa shape index (κ2) is 10.3. The van der Waals surface area contributed by atoms with Crippen LogP contribution in [-0.4, -0.2) is 52.8 Å².